The van der Waals surface area contributed by atoms with Crippen molar-refractivity contribution in [1.29, 1.82) is 0 Å². The van der Waals surface area contributed by atoms with Crippen LogP contribution in [-0.2, 0) is 20.2 Å². The molecule has 0 aromatic heterocycles. The summed E-state index contributed by atoms with van der Waals surface area (Å²) in [6.45, 7) is 2.79. The summed E-state index contributed by atoms with van der Waals surface area (Å²) < 4.78 is 72.6. The summed E-state index contributed by atoms with van der Waals surface area (Å²) in [6.07, 6.45) is 0. The molecule has 0 aliphatic rings. The number of rotatable bonds is 4. The minimum absolute atomic E-state index is 0. The SMILES string of the molecule is Cc1c(Oc2cccc(S(=O)(=O)[O-])c2C)cccc1S(=O)(=O)[O-].[Na+].[Na+]. The van der Waals surface area contributed by atoms with Gasteiger partial charge in [-0.25, -0.2) is 16.8 Å². The zero-order valence-corrected chi connectivity index (χ0v) is 19.8. The molecular weight excluding hydrogens is 390 g/mol. The Morgan fingerprint density at radius 3 is 1.32 bits per heavy atom. The fourth-order valence-electron chi connectivity index (χ4n) is 2.07. The molecule has 0 atom stereocenters. The third-order valence-corrected chi connectivity index (χ3v) is 5.19. The summed E-state index contributed by atoms with van der Waals surface area (Å²) in [5.74, 6) is 0.149. The van der Waals surface area contributed by atoms with Crippen LogP contribution in [0.15, 0.2) is 46.2 Å². The summed E-state index contributed by atoms with van der Waals surface area (Å²) in [7, 11) is -9.33. The fourth-order valence-corrected chi connectivity index (χ4v) is 3.51. The molecule has 2 aromatic rings. The average Bonchev–Trinajstić information content (AvgIpc) is 2.40. The summed E-state index contributed by atoms with van der Waals surface area (Å²) in [6, 6.07) is 7.82. The van der Waals surface area contributed by atoms with Gasteiger partial charge in [0.05, 0.1) is 9.79 Å². The Morgan fingerprint density at radius 2 is 1.04 bits per heavy atom. The van der Waals surface area contributed by atoms with Gasteiger partial charge in [-0.1, -0.05) is 12.1 Å². The van der Waals surface area contributed by atoms with E-state index in [1.165, 1.54) is 38.1 Å². The van der Waals surface area contributed by atoms with Gasteiger partial charge in [0.2, 0.25) is 0 Å². The summed E-state index contributed by atoms with van der Waals surface area (Å²) >= 11 is 0. The van der Waals surface area contributed by atoms with E-state index >= 15 is 0 Å². The van der Waals surface area contributed by atoms with Crippen LogP contribution in [0, 0.1) is 13.8 Å². The quantitative estimate of drug-likeness (QED) is 0.376. The topological polar surface area (TPSA) is 124 Å². The fraction of sp³-hybridized carbons (Fsp3) is 0.143. The minimum Gasteiger partial charge on any atom is -0.744 e. The van der Waals surface area contributed by atoms with Crippen molar-refractivity contribution in [2.24, 2.45) is 0 Å². The molecule has 2 aromatic carbocycles. The molecule has 0 amide bonds. The molecule has 7 nitrogen and oxygen atoms in total. The number of hydrogen-bond donors (Lipinski definition) is 0. The maximum atomic E-state index is 11.2. The molecule has 0 saturated heterocycles. The Labute approximate surface area is 190 Å². The van der Waals surface area contributed by atoms with E-state index in [9.17, 15) is 25.9 Å². The largest absolute Gasteiger partial charge is 1.00 e. The Hall–Kier alpha value is 0.0600. The number of benzene rings is 2. The van der Waals surface area contributed by atoms with Gasteiger partial charge in [0.1, 0.15) is 31.7 Å². The van der Waals surface area contributed by atoms with Crippen molar-refractivity contribution in [3.05, 3.63) is 47.5 Å². The first-order valence-corrected chi connectivity index (χ1v) is 9.12. The third kappa shape index (κ3) is 6.03. The van der Waals surface area contributed by atoms with Gasteiger partial charge in [-0.15, -0.1) is 0 Å². The monoisotopic (exact) mass is 402 g/mol. The van der Waals surface area contributed by atoms with Gasteiger partial charge in [0.15, 0.2) is 0 Å². The molecule has 0 aliphatic carbocycles. The summed E-state index contributed by atoms with van der Waals surface area (Å²) in [5.41, 5.74) is 0.189. The van der Waals surface area contributed by atoms with E-state index < -0.39 is 30.0 Å². The van der Waals surface area contributed by atoms with Gasteiger partial charge in [-0.05, 0) is 38.1 Å². The van der Waals surface area contributed by atoms with Gasteiger partial charge >= 0.3 is 59.1 Å². The maximum absolute atomic E-state index is 11.2. The molecule has 124 valence electrons. The molecule has 0 fully saturated rings. The van der Waals surface area contributed by atoms with Gasteiger partial charge in [-0.3, -0.25) is 0 Å². The predicted octanol–water partition coefficient (Wildman–Crippen LogP) is -4.09. The second-order valence-electron chi connectivity index (χ2n) is 4.77. The van der Waals surface area contributed by atoms with E-state index in [2.05, 4.69) is 0 Å². The Bertz CT molecular complexity index is 891. The first-order chi connectivity index (χ1) is 10.5. The average molecular weight is 402 g/mol. The van der Waals surface area contributed by atoms with E-state index in [1.807, 2.05) is 0 Å². The zero-order chi connectivity index (χ0) is 17.4. The van der Waals surface area contributed by atoms with Crippen LogP contribution < -0.4 is 63.9 Å². The van der Waals surface area contributed by atoms with E-state index in [-0.39, 0.29) is 81.7 Å². The molecular formula is C14H12Na2O7S2. The number of hydrogen-bond acceptors (Lipinski definition) is 7. The Morgan fingerprint density at radius 1 is 0.720 bits per heavy atom. The van der Waals surface area contributed by atoms with E-state index in [0.717, 1.165) is 12.1 Å². The van der Waals surface area contributed by atoms with Crippen LogP contribution in [0.2, 0.25) is 0 Å². The maximum Gasteiger partial charge on any atom is 1.00 e. The first kappa shape index (κ1) is 25.1. The predicted molar refractivity (Wildman–Crippen MR) is 78.4 cm³/mol. The molecule has 0 saturated carbocycles. The van der Waals surface area contributed by atoms with Crippen LogP contribution in [0.25, 0.3) is 0 Å². The molecule has 2 rings (SSSR count). The smallest absolute Gasteiger partial charge is 0.744 e. The van der Waals surface area contributed by atoms with Crippen LogP contribution >= 0.6 is 0 Å². The minimum atomic E-state index is -4.67. The van der Waals surface area contributed by atoms with Crippen LogP contribution in [0.3, 0.4) is 0 Å². The van der Waals surface area contributed by atoms with E-state index in [1.54, 1.807) is 0 Å². The normalized spacial score (nSPS) is 11.2. The van der Waals surface area contributed by atoms with Crippen molar-refractivity contribution in [3.8, 4) is 11.5 Å². The van der Waals surface area contributed by atoms with E-state index in [4.69, 9.17) is 4.74 Å². The van der Waals surface area contributed by atoms with Crippen LogP contribution in [-0.4, -0.2) is 25.9 Å². The summed E-state index contributed by atoms with van der Waals surface area (Å²) in [5, 5.41) is 0. The molecule has 0 spiro atoms. The molecule has 0 heterocycles. The van der Waals surface area contributed by atoms with Crippen molar-refractivity contribution in [2.75, 3.05) is 0 Å². The van der Waals surface area contributed by atoms with Crippen molar-refractivity contribution < 1.29 is 89.8 Å². The van der Waals surface area contributed by atoms with Crippen LogP contribution in [0.5, 0.6) is 11.5 Å². The van der Waals surface area contributed by atoms with Crippen molar-refractivity contribution in [1.82, 2.24) is 0 Å². The number of ether oxygens (including phenoxy) is 1. The molecule has 0 bridgehead atoms. The molecule has 0 N–H and O–H groups in total. The third-order valence-electron chi connectivity index (χ3n) is 3.23. The molecule has 0 aliphatic heterocycles. The standard InChI is InChI=1S/C14H14O7S2.2Na/c1-9-11(5-3-7-13(9)22(15,16)17)21-12-6-4-8-14(10(12)2)23(18,19)20;;/h3-8H,1-2H3,(H,15,16,17)(H,18,19,20);;/q;2*+1/p-2. The molecule has 0 unspecified atom stereocenters. The van der Waals surface area contributed by atoms with Gasteiger partial charge in [0, 0.05) is 11.1 Å². The molecule has 11 heteroatoms. The Balaban J connectivity index is 0.00000288. The van der Waals surface area contributed by atoms with Gasteiger partial charge in [-0.2, -0.15) is 0 Å². The van der Waals surface area contributed by atoms with Crippen LogP contribution in [0.4, 0.5) is 0 Å². The Kier molecular flexibility index (Phi) is 9.34. The molecule has 0 radical (unpaired) electrons. The van der Waals surface area contributed by atoms with Gasteiger partial charge in [0.25, 0.3) is 0 Å². The summed E-state index contributed by atoms with van der Waals surface area (Å²) in [4.78, 5) is -0.861. The van der Waals surface area contributed by atoms with Crippen molar-refractivity contribution in [2.45, 2.75) is 23.6 Å². The van der Waals surface area contributed by atoms with Crippen LogP contribution in [0.1, 0.15) is 11.1 Å². The van der Waals surface area contributed by atoms with E-state index in [0.29, 0.717) is 0 Å². The van der Waals surface area contributed by atoms with Crippen molar-refractivity contribution >= 4 is 20.2 Å². The van der Waals surface area contributed by atoms with Crippen molar-refractivity contribution in [3.63, 3.8) is 0 Å². The van der Waals surface area contributed by atoms with Gasteiger partial charge < -0.3 is 13.8 Å². The molecule has 25 heavy (non-hydrogen) atoms. The second-order valence-corrected chi connectivity index (χ2v) is 7.47. The second kappa shape index (κ2) is 9.32. The zero-order valence-electron chi connectivity index (χ0n) is 14.1. The first-order valence-electron chi connectivity index (χ1n) is 6.30.